The van der Waals surface area contributed by atoms with Crippen LogP contribution in [0.4, 0.5) is 0 Å². The van der Waals surface area contributed by atoms with E-state index in [2.05, 4.69) is 25.5 Å². The minimum atomic E-state index is 0.383. The lowest BCUT2D eigenvalue weighted by molar-refractivity contribution is 0.816. The van der Waals surface area contributed by atoms with E-state index in [1.165, 1.54) is 0 Å². The second-order valence-electron chi connectivity index (χ2n) is 4.74. The van der Waals surface area contributed by atoms with Gasteiger partial charge in [-0.3, -0.25) is 9.38 Å². The third-order valence-corrected chi connectivity index (χ3v) is 3.19. The van der Waals surface area contributed by atoms with Crippen molar-refractivity contribution in [2.45, 2.75) is 13.0 Å². The third-order valence-electron chi connectivity index (χ3n) is 3.19. The number of nitrogens with zero attached hydrogens (tertiary/aromatic N) is 5. The van der Waals surface area contributed by atoms with E-state index in [4.69, 9.17) is 5.73 Å². The quantitative estimate of drug-likeness (QED) is 0.535. The van der Waals surface area contributed by atoms with Gasteiger partial charge < -0.3 is 11.1 Å². The van der Waals surface area contributed by atoms with Crippen molar-refractivity contribution in [3.8, 4) is 0 Å². The molecule has 3 N–H and O–H groups in total. The molecular weight excluding hydrogens is 278 g/mol. The predicted molar refractivity (Wildman–Crippen MR) is 84.3 cm³/mol. The van der Waals surface area contributed by atoms with Gasteiger partial charge in [-0.2, -0.15) is 0 Å². The number of aliphatic imine (C=N–C) groups is 1. The smallest absolute Gasteiger partial charge is 0.189 e. The highest BCUT2D eigenvalue weighted by atomic mass is 15.3. The van der Waals surface area contributed by atoms with Gasteiger partial charge in [0.25, 0.3) is 0 Å². The topological polar surface area (TPSA) is 93.5 Å². The zero-order valence-electron chi connectivity index (χ0n) is 12.1. The number of nitrogens with two attached hydrogens (primary N) is 1. The minimum absolute atomic E-state index is 0.383. The van der Waals surface area contributed by atoms with Gasteiger partial charge in [0.15, 0.2) is 17.4 Å². The summed E-state index contributed by atoms with van der Waals surface area (Å²) in [6.45, 7) is 1.07. The molecule has 0 aromatic carbocycles. The Hall–Kier alpha value is -2.96. The number of aromatic nitrogens is 4. The molecule has 22 heavy (non-hydrogen) atoms. The van der Waals surface area contributed by atoms with Crippen molar-refractivity contribution in [1.29, 1.82) is 0 Å². The van der Waals surface area contributed by atoms with Gasteiger partial charge in [0.2, 0.25) is 0 Å². The summed E-state index contributed by atoms with van der Waals surface area (Å²) in [5, 5.41) is 11.3. The van der Waals surface area contributed by atoms with Crippen LogP contribution in [0.2, 0.25) is 0 Å². The molecule has 3 heterocycles. The maximum atomic E-state index is 5.86. The fourth-order valence-electron chi connectivity index (χ4n) is 2.08. The van der Waals surface area contributed by atoms with Crippen LogP contribution in [0.25, 0.3) is 5.65 Å². The number of pyridine rings is 2. The summed E-state index contributed by atoms with van der Waals surface area (Å²) < 4.78 is 1.89. The lowest BCUT2D eigenvalue weighted by atomic mass is 10.3. The lowest BCUT2D eigenvalue weighted by Gasteiger charge is -2.05. The van der Waals surface area contributed by atoms with Crippen LogP contribution in [0.3, 0.4) is 0 Å². The van der Waals surface area contributed by atoms with Crippen molar-refractivity contribution in [3.05, 3.63) is 60.3 Å². The summed E-state index contributed by atoms with van der Waals surface area (Å²) >= 11 is 0. The van der Waals surface area contributed by atoms with Crippen LogP contribution < -0.4 is 11.1 Å². The molecule has 7 nitrogen and oxygen atoms in total. The maximum absolute atomic E-state index is 5.86. The van der Waals surface area contributed by atoms with E-state index in [1.54, 1.807) is 6.20 Å². The molecule has 0 fully saturated rings. The largest absolute Gasteiger partial charge is 0.370 e. The summed E-state index contributed by atoms with van der Waals surface area (Å²) in [6, 6.07) is 11.6. The van der Waals surface area contributed by atoms with Gasteiger partial charge in [0.05, 0.1) is 0 Å². The molecule has 3 rings (SSSR count). The second-order valence-corrected chi connectivity index (χ2v) is 4.74. The van der Waals surface area contributed by atoms with E-state index < -0.39 is 0 Å². The van der Waals surface area contributed by atoms with E-state index in [0.717, 1.165) is 23.6 Å². The van der Waals surface area contributed by atoms with Crippen LogP contribution in [0.15, 0.2) is 53.8 Å². The van der Waals surface area contributed by atoms with E-state index in [-0.39, 0.29) is 0 Å². The van der Waals surface area contributed by atoms with Crippen LogP contribution in [-0.2, 0) is 13.0 Å². The first kappa shape index (κ1) is 14.0. The number of rotatable bonds is 5. The monoisotopic (exact) mass is 295 g/mol. The minimum Gasteiger partial charge on any atom is -0.370 e. The molecule has 0 aliphatic heterocycles. The molecule has 0 unspecified atom stereocenters. The first-order chi connectivity index (χ1) is 10.8. The third kappa shape index (κ3) is 3.38. The Bertz CT molecular complexity index is 764. The maximum Gasteiger partial charge on any atom is 0.189 e. The highest BCUT2D eigenvalue weighted by molar-refractivity contribution is 5.77. The van der Waals surface area contributed by atoms with Crippen molar-refractivity contribution < 1.29 is 0 Å². The number of fused-ring (bicyclic) bond motifs is 1. The normalized spacial score (nSPS) is 11.7. The molecule has 0 aliphatic carbocycles. The fraction of sp³-hybridized carbons (Fsp3) is 0.200. The van der Waals surface area contributed by atoms with Gasteiger partial charge in [0.1, 0.15) is 6.54 Å². The fourth-order valence-corrected chi connectivity index (χ4v) is 2.08. The number of guanidine groups is 1. The summed E-state index contributed by atoms with van der Waals surface area (Å²) in [4.78, 5) is 8.54. The first-order valence-corrected chi connectivity index (χ1v) is 7.05. The summed E-state index contributed by atoms with van der Waals surface area (Å²) in [6.07, 6.45) is 4.49. The van der Waals surface area contributed by atoms with Gasteiger partial charge in [-0.1, -0.05) is 12.1 Å². The Labute approximate surface area is 127 Å². The molecule has 0 radical (unpaired) electrons. The Morgan fingerprint density at radius 3 is 2.95 bits per heavy atom. The van der Waals surface area contributed by atoms with Crippen molar-refractivity contribution in [1.82, 2.24) is 24.9 Å². The SMILES string of the molecule is NC(=NCc1nnc2ccccn12)NCCc1ccccn1. The van der Waals surface area contributed by atoms with Crippen molar-refractivity contribution >= 4 is 11.6 Å². The zero-order valence-corrected chi connectivity index (χ0v) is 12.1. The van der Waals surface area contributed by atoms with Crippen molar-refractivity contribution in [2.75, 3.05) is 6.54 Å². The van der Waals surface area contributed by atoms with Crippen LogP contribution >= 0.6 is 0 Å². The van der Waals surface area contributed by atoms with Crippen molar-refractivity contribution in [3.63, 3.8) is 0 Å². The van der Waals surface area contributed by atoms with Crippen LogP contribution in [0.5, 0.6) is 0 Å². The van der Waals surface area contributed by atoms with E-state index >= 15 is 0 Å². The average molecular weight is 295 g/mol. The molecule has 0 atom stereocenters. The van der Waals surface area contributed by atoms with Crippen molar-refractivity contribution in [2.24, 2.45) is 10.7 Å². The van der Waals surface area contributed by atoms with Gasteiger partial charge in [-0.25, -0.2) is 4.99 Å². The van der Waals surface area contributed by atoms with E-state index in [0.29, 0.717) is 19.0 Å². The molecule has 0 aliphatic rings. The van der Waals surface area contributed by atoms with E-state index in [9.17, 15) is 0 Å². The van der Waals surface area contributed by atoms with Gasteiger partial charge in [-0.15, -0.1) is 10.2 Å². The number of hydrogen-bond donors (Lipinski definition) is 2. The molecule has 0 spiro atoms. The Morgan fingerprint density at radius 1 is 1.18 bits per heavy atom. The molecule has 3 aromatic heterocycles. The number of nitrogens with one attached hydrogen (secondary N) is 1. The predicted octanol–water partition coefficient (Wildman–Crippen LogP) is 0.771. The average Bonchev–Trinajstić information content (AvgIpc) is 2.97. The molecule has 0 saturated carbocycles. The standard InChI is InChI=1S/C15H17N7/c16-15(18-9-7-12-5-1-3-8-17-12)19-11-14-21-20-13-6-2-4-10-22(13)14/h1-6,8,10H,7,9,11H2,(H3,16,18,19). The second kappa shape index (κ2) is 6.66. The van der Waals surface area contributed by atoms with Gasteiger partial charge in [0, 0.05) is 31.1 Å². The Morgan fingerprint density at radius 2 is 2.09 bits per heavy atom. The highest BCUT2D eigenvalue weighted by Crippen LogP contribution is 2.03. The van der Waals surface area contributed by atoms with Crippen LogP contribution in [0.1, 0.15) is 11.5 Å². The Balaban J connectivity index is 1.54. The lowest BCUT2D eigenvalue weighted by Crippen LogP contribution is -2.33. The zero-order chi connectivity index (χ0) is 15.2. The van der Waals surface area contributed by atoms with Crippen LogP contribution in [0, 0.1) is 0 Å². The summed E-state index contributed by atoms with van der Waals surface area (Å²) in [5.74, 6) is 1.15. The molecular formula is C15H17N7. The molecule has 3 aromatic rings. The first-order valence-electron chi connectivity index (χ1n) is 7.05. The molecule has 0 bridgehead atoms. The number of hydrogen-bond acceptors (Lipinski definition) is 4. The molecule has 0 amide bonds. The van der Waals surface area contributed by atoms with Gasteiger partial charge >= 0.3 is 0 Å². The summed E-state index contributed by atoms with van der Waals surface area (Å²) in [7, 11) is 0. The molecule has 0 saturated heterocycles. The highest BCUT2D eigenvalue weighted by Gasteiger charge is 2.03. The molecule has 7 heteroatoms. The van der Waals surface area contributed by atoms with E-state index in [1.807, 2.05) is 47.0 Å². The molecule has 112 valence electrons. The Kier molecular flexibility index (Phi) is 4.24. The summed E-state index contributed by atoms with van der Waals surface area (Å²) in [5.41, 5.74) is 7.68. The van der Waals surface area contributed by atoms with Crippen LogP contribution in [-0.4, -0.2) is 32.1 Å². The van der Waals surface area contributed by atoms with Gasteiger partial charge in [-0.05, 0) is 24.3 Å².